The van der Waals surface area contributed by atoms with Crippen molar-refractivity contribution in [3.8, 4) is 33.4 Å². The second-order valence-corrected chi connectivity index (χ2v) is 14.9. The summed E-state index contributed by atoms with van der Waals surface area (Å²) in [5, 5.41) is 9.04. The van der Waals surface area contributed by atoms with Gasteiger partial charge < -0.3 is 5.32 Å². The molecule has 2 heteroatoms. The van der Waals surface area contributed by atoms with E-state index in [1.807, 2.05) is 17.4 Å². The molecular formula is C49H37NS. The monoisotopic (exact) mass is 671 g/mol. The van der Waals surface area contributed by atoms with E-state index in [2.05, 4.69) is 195 Å². The summed E-state index contributed by atoms with van der Waals surface area (Å²) >= 11 is 1.86. The first-order chi connectivity index (χ1) is 25.0. The van der Waals surface area contributed by atoms with Crippen LogP contribution in [-0.2, 0) is 5.41 Å². The molecule has 0 aliphatic heterocycles. The maximum Gasteiger partial charge on any atom is 0.0478 e. The molecule has 244 valence electrons. The number of fused-ring (bicyclic) bond motifs is 7. The Bertz CT molecular complexity index is 2680. The van der Waals surface area contributed by atoms with Crippen LogP contribution in [0, 0.1) is 0 Å². The van der Waals surface area contributed by atoms with Gasteiger partial charge in [0.2, 0.25) is 0 Å². The van der Waals surface area contributed by atoms with Crippen LogP contribution in [0.3, 0.4) is 0 Å². The Hall–Kier alpha value is -5.96. The smallest absolute Gasteiger partial charge is 0.0478 e. The maximum atomic E-state index is 3.81. The largest absolute Gasteiger partial charge is 0.355 e. The van der Waals surface area contributed by atoms with Crippen LogP contribution in [0.2, 0.25) is 0 Å². The van der Waals surface area contributed by atoms with E-state index in [4.69, 9.17) is 0 Å². The Morgan fingerprint density at radius 1 is 0.412 bits per heavy atom. The molecular weight excluding hydrogens is 635 g/mol. The molecule has 51 heavy (non-hydrogen) atoms. The van der Waals surface area contributed by atoms with Crippen LogP contribution in [0.15, 0.2) is 182 Å². The number of hydrogen-bond acceptors (Lipinski definition) is 2. The standard InChI is InChI=1S/C33H25NS.C16H12/c1-33(2)28-14-8-6-12-23(28)24-17-16-22(18-29(24)33)34-30-20-32-27(25-13-7-9-15-31(25)35-32)19-26(30)21-10-4-3-5-11-21;1-2-6-13(7-3-1)16-11-10-14-8-4-5-9-15(14)12-16/h3-20,34H,1-2H3;1-12H. The van der Waals surface area contributed by atoms with Gasteiger partial charge in [-0.25, -0.2) is 0 Å². The van der Waals surface area contributed by atoms with Crippen molar-refractivity contribution in [1.29, 1.82) is 0 Å². The van der Waals surface area contributed by atoms with Crippen LogP contribution >= 0.6 is 11.3 Å². The van der Waals surface area contributed by atoms with Crippen molar-refractivity contribution in [2.45, 2.75) is 19.3 Å². The minimum atomic E-state index is -0.0126. The quantitative estimate of drug-likeness (QED) is 0.196. The third-order valence-corrected chi connectivity index (χ3v) is 11.5. The Balaban J connectivity index is 0.000000182. The lowest BCUT2D eigenvalue weighted by Gasteiger charge is -2.22. The van der Waals surface area contributed by atoms with Gasteiger partial charge in [0.25, 0.3) is 0 Å². The average Bonchev–Trinajstić information content (AvgIpc) is 3.66. The van der Waals surface area contributed by atoms with Crippen molar-refractivity contribution < 1.29 is 0 Å². The van der Waals surface area contributed by atoms with Gasteiger partial charge in [0, 0.05) is 42.5 Å². The van der Waals surface area contributed by atoms with Gasteiger partial charge in [0.05, 0.1) is 0 Å². The Labute approximate surface area is 303 Å². The van der Waals surface area contributed by atoms with Gasteiger partial charge in [-0.05, 0) is 86.1 Å². The molecule has 0 unspecified atom stereocenters. The summed E-state index contributed by atoms with van der Waals surface area (Å²) in [7, 11) is 0. The maximum absolute atomic E-state index is 3.81. The number of rotatable bonds is 4. The summed E-state index contributed by atoms with van der Waals surface area (Å²) in [5.74, 6) is 0. The molecule has 0 saturated heterocycles. The predicted octanol–water partition coefficient (Wildman–Crippen LogP) is 14.3. The molecule has 1 heterocycles. The first-order valence-electron chi connectivity index (χ1n) is 17.6. The lowest BCUT2D eigenvalue weighted by molar-refractivity contribution is 0.660. The third-order valence-electron chi connectivity index (χ3n) is 10.3. The lowest BCUT2D eigenvalue weighted by Crippen LogP contribution is -2.15. The number of thiophene rings is 1. The molecule has 1 nitrogen and oxygen atoms in total. The van der Waals surface area contributed by atoms with Crippen LogP contribution in [0.25, 0.3) is 64.3 Å². The van der Waals surface area contributed by atoms with Crippen LogP contribution in [-0.4, -0.2) is 0 Å². The average molecular weight is 672 g/mol. The highest BCUT2D eigenvalue weighted by molar-refractivity contribution is 7.25. The summed E-state index contributed by atoms with van der Waals surface area (Å²) in [6.45, 7) is 4.67. The van der Waals surface area contributed by atoms with E-state index < -0.39 is 0 Å². The minimum absolute atomic E-state index is 0.0126. The van der Waals surface area contributed by atoms with Gasteiger partial charge in [0.1, 0.15) is 0 Å². The number of hydrogen-bond donors (Lipinski definition) is 1. The minimum Gasteiger partial charge on any atom is -0.355 e. The van der Waals surface area contributed by atoms with E-state index in [1.54, 1.807) is 0 Å². The summed E-state index contributed by atoms with van der Waals surface area (Å²) in [6.07, 6.45) is 0. The normalized spacial score (nSPS) is 12.7. The zero-order valence-corrected chi connectivity index (χ0v) is 29.5. The van der Waals surface area contributed by atoms with Gasteiger partial charge in [-0.2, -0.15) is 0 Å². The van der Waals surface area contributed by atoms with Crippen molar-refractivity contribution in [2.24, 2.45) is 0 Å². The molecule has 0 radical (unpaired) electrons. The number of anilines is 2. The van der Waals surface area contributed by atoms with E-state index >= 15 is 0 Å². The fourth-order valence-electron chi connectivity index (χ4n) is 7.67. The molecule has 0 amide bonds. The zero-order valence-electron chi connectivity index (χ0n) is 28.7. The topological polar surface area (TPSA) is 12.0 Å². The molecule has 0 atom stereocenters. The molecule has 0 fully saturated rings. The number of benzene rings is 8. The van der Waals surface area contributed by atoms with Crippen molar-refractivity contribution in [3.05, 3.63) is 193 Å². The van der Waals surface area contributed by atoms with Crippen molar-refractivity contribution in [2.75, 3.05) is 5.32 Å². The van der Waals surface area contributed by atoms with Gasteiger partial charge in [-0.3, -0.25) is 0 Å². The molecule has 9 aromatic rings. The molecule has 1 aliphatic rings. The fraction of sp³-hybridized carbons (Fsp3) is 0.0612. The van der Waals surface area contributed by atoms with Crippen LogP contribution < -0.4 is 5.32 Å². The zero-order chi connectivity index (χ0) is 34.4. The first-order valence-corrected chi connectivity index (χ1v) is 18.4. The fourth-order valence-corrected chi connectivity index (χ4v) is 8.80. The van der Waals surface area contributed by atoms with Crippen molar-refractivity contribution in [1.82, 2.24) is 0 Å². The van der Waals surface area contributed by atoms with E-state index in [9.17, 15) is 0 Å². The lowest BCUT2D eigenvalue weighted by atomic mass is 9.82. The highest BCUT2D eigenvalue weighted by Gasteiger charge is 2.35. The highest BCUT2D eigenvalue weighted by atomic mass is 32.1. The van der Waals surface area contributed by atoms with Crippen molar-refractivity contribution >= 4 is 53.7 Å². The molecule has 8 aromatic carbocycles. The van der Waals surface area contributed by atoms with E-state index in [0.717, 1.165) is 11.4 Å². The Morgan fingerprint density at radius 2 is 1.08 bits per heavy atom. The Kier molecular flexibility index (Phi) is 7.75. The van der Waals surface area contributed by atoms with Crippen LogP contribution in [0.1, 0.15) is 25.0 Å². The first kappa shape index (κ1) is 31.1. The van der Waals surface area contributed by atoms with Gasteiger partial charge in [-0.15, -0.1) is 11.3 Å². The van der Waals surface area contributed by atoms with E-state index in [0.29, 0.717) is 0 Å². The van der Waals surface area contributed by atoms with Crippen molar-refractivity contribution in [3.63, 3.8) is 0 Å². The second-order valence-electron chi connectivity index (χ2n) is 13.8. The highest BCUT2D eigenvalue weighted by Crippen LogP contribution is 2.50. The molecule has 0 spiro atoms. The molecule has 0 saturated carbocycles. The molecule has 1 N–H and O–H groups in total. The van der Waals surface area contributed by atoms with Gasteiger partial charge in [-0.1, -0.05) is 159 Å². The summed E-state index contributed by atoms with van der Waals surface area (Å²) in [4.78, 5) is 0. The Morgan fingerprint density at radius 3 is 1.90 bits per heavy atom. The molecule has 1 aliphatic carbocycles. The van der Waals surface area contributed by atoms with Crippen LogP contribution in [0.4, 0.5) is 11.4 Å². The van der Waals surface area contributed by atoms with E-state index in [1.165, 1.54) is 75.5 Å². The summed E-state index contributed by atoms with van der Waals surface area (Å²) in [6, 6.07) is 65.3. The SMILES string of the molecule is CC1(C)c2ccccc2-c2ccc(Nc3cc4sc5ccccc5c4cc3-c3ccccc3)cc21.c1ccc(-c2ccc3ccccc3c2)cc1. The van der Waals surface area contributed by atoms with E-state index in [-0.39, 0.29) is 5.41 Å². The van der Waals surface area contributed by atoms with Crippen LogP contribution in [0.5, 0.6) is 0 Å². The predicted molar refractivity (Wildman–Crippen MR) is 221 cm³/mol. The summed E-state index contributed by atoms with van der Waals surface area (Å²) in [5.41, 5.74) is 12.7. The third kappa shape index (κ3) is 5.68. The molecule has 0 bridgehead atoms. The molecule has 1 aromatic heterocycles. The second kappa shape index (κ2) is 12.7. The molecule has 10 rings (SSSR count). The summed E-state index contributed by atoms with van der Waals surface area (Å²) < 4.78 is 2.64. The van der Waals surface area contributed by atoms with Gasteiger partial charge in [0.15, 0.2) is 0 Å². The van der Waals surface area contributed by atoms with Gasteiger partial charge >= 0.3 is 0 Å². The number of nitrogens with one attached hydrogen (secondary N) is 1.